The molecule has 2 aromatic rings. The smallest absolute Gasteiger partial charge is 0.306 e. The number of carbonyl (C=O) groups excluding carboxylic acids is 2. The maximum absolute atomic E-state index is 12.2. The van der Waals surface area contributed by atoms with Crippen LogP contribution in [0.2, 0.25) is 5.02 Å². The molecule has 5 heteroatoms. The van der Waals surface area contributed by atoms with Crippen molar-refractivity contribution >= 4 is 23.4 Å². The van der Waals surface area contributed by atoms with Crippen molar-refractivity contribution in [1.29, 1.82) is 0 Å². The lowest BCUT2D eigenvalue weighted by Gasteiger charge is -2.19. The number of Topliss-reactive ketones (excluding diaryl/α,β-unsaturated/α-hetero) is 1. The summed E-state index contributed by atoms with van der Waals surface area (Å²) in [5.74, 6) is 0.174. The van der Waals surface area contributed by atoms with Crippen molar-refractivity contribution in [3.63, 3.8) is 0 Å². The predicted octanol–water partition coefficient (Wildman–Crippen LogP) is 5.22. The molecule has 0 aromatic heterocycles. The molecule has 0 heterocycles. The first-order chi connectivity index (χ1) is 12.2. The summed E-state index contributed by atoms with van der Waals surface area (Å²) < 4.78 is 10.9. The third-order valence-corrected chi connectivity index (χ3v) is 3.87. The van der Waals surface area contributed by atoms with Gasteiger partial charge in [0.1, 0.15) is 18.0 Å². The zero-order chi connectivity index (χ0) is 19.2. The van der Waals surface area contributed by atoms with Gasteiger partial charge in [-0.1, -0.05) is 29.8 Å². The molecule has 2 aromatic carbocycles. The van der Waals surface area contributed by atoms with Crippen LogP contribution >= 0.6 is 11.6 Å². The first-order valence-corrected chi connectivity index (χ1v) is 8.84. The predicted molar refractivity (Wildman–Crippen MR) is 102 cm³/mol. The van der Waals surface area contributed by atoms with Gasteiger partial charge in [0.15, 0.2) is 5.78 Å². The molecule has 2 rings (SSSR count). The number of hydrogen-bond donors (Lipinski definition) is 0. The Balaban J connectivity index is 1.85. The molecule has 0 atom stereocenters. The van der Waals surface area contributed by atoms with E-state index in [2.05, 4.69) is 0 Å². The minimum absolute atomic E-state index is 0.0703. The standard InChI is InChI=1S/C21H23ClO4/c1-21(2,3)26-20(24)13-12-19(23)15-8-10-17(11-9-15)25-14-16-6-4-5-7-18(16)22/h4-11H,12-14H2,1-3H3. The molecule has 0 saturated heterocycles. The number of ether oxygens (including phenoxy) is 2. The van der Waals surface area contributed by atoms with E-state index >= 15 is 0 Å². The maximum Gasteiger partial charge on any atom is 0.306 e. The van der Waals surface area contributed by atoms with E-state index in [1.165, 1.54) is 0 Å². The molecule has 26 heavy (non-hydrogen) atoms. The Morgan fingerprint density at radius 2 is 1.62 bits per heavy atom. The van der Waals surface area contributed by atoms with Gasteiger partial charge < -0.3 is 9.47 Å². The molecule has 0 unspecified atom stereocenters. The Labute approximate surface area is 159 Å². The second kappa shape index (κ2) is 8.86. The molecular formula is C21H23ClO4. The van der Waals surface area contributed by atoms with Gasteiger partial charge in [-0.25, -0.2) is 0 Å². The van der Waals surface area contributed by atoms with Gasteiger partial charge in [0, 0.05) is 22.6 Å². The van der Waals surface area contributed by atoms with E-state index in [0.717, 1.165) is 5.56 Å². The van der Waals surface area contributed by atoms with Crippen LogP contribution in [0.5, 0.6) is 5.75 Å². The third kappa shape index (κ3) is 6.52. The van der Waals surface area contributed by atoms with Crippen molar-refractivity contribution in [1.82, 2.24) is 0 Å². The summed E-state index contributed by atoms with van der Waals surface area (Å²) in [5.41, 5.74) is 0.895. The van der Waals surface area contributed by atoms with Crippen molar-refractivity contribution < 1.29 is 19.1 Å². The largest absolute Gasteiger partial charge is 0.489 e. The SMILES string of the molecule is CC(C)(C)OC(=O)CCC(=O)c1ccc(OCc2ccccc2Cl)cc1. The molecule has 0 aliphatic rings. The number of benzene rings is 2. The highest BCUT2D eigenvalue weighted by Crippen LogP contribution is 2.19. The van der Waals surface area contributed by atoms with Crippen LogP contribution in [0.3, 0.4) is 0 Å². The number of esters is 1. The van der Waals surface area contributed by atoms with Crippen LogP contribution in [0.15, 0.2) is 48.5 Å². The molecule has 0 spiro atoms. The number of hydrogen-bond acceptors (Lipinski definition) is 4. The summed E-state index contributed by atoms with van der Waals surface area (Å²) in [4.78, 5) is 23.9. The second-order valence-electron chi connectivity index (χ2n) is 6.91. The summed E-state index contributed by atoms with van der Waals surface area (Å²) in [6, 6.07) is 14.3. The average Bonchev–Trinajstić information content (AvgIpc) is 2.58. The fourth-order valence-electron chi connectivity index (χ4n) is 2.27. The Kier molecular flexibility index (Phi) is 6.81. The first-order valence-electron chi connectivity index (χ1n) is 8.46. The summed E-state index contributed by atoms with van der Waals surface area (Å²) in [7, 11) is 0. The van der Waals surface area contributed by atoms with Crippen LogP contribution in [0.4, 0.5) is 0 Å². The average molecular weight is 375 g/mol. The molecule has 0 aliphatic heterocycles. The molecular weight excluding hydrogens is 352 g/mol. The van der Waals surface area contributed by atoms with E-state index < -0.39 is 5.60 Å². The van der Waals surface area contributed by atoms with Crippen molar-refractivity contribution in [2.75, 3.05) is 0 Å². The maximum atomic E-state index is 12.2. The molecule has 0 N–H and O–H groups in total. The van der Waals surface area contributed by atoms with Gasteiger partial charge in [-0.2, -0.15) is 0 Å². The molecule has 0 bridgehead atoms. The van der Waals surface area contributed by atoms with E-state index in [1.54, 1.807) is 45.0 Å². The minimum atomic E-state index is -0.541. The molecule has 0 amide bonds. The highest BCUT2D eigenvalue weighted by Gasteiger charge is 2.17. The lowest BCUT2D eigenvalue weighted by atomic mass is 10.1. The summed E-state index contributed by atoms with van der Waals surface area (Å²) in [6.45, 7) is 5.75. The summed E-state index contributed by atoms with van der Waals surface area (Å²) in [6.07, 6.45) is 0.190. The first kappa shape index (κ1) is 20.0. The van der Waals surface area contributed by atoms with E-state index in [1.807, 2.05) is 24.3 Å². The van der Waals surface area contributed by atoms with Gasteiger partial charge in [0.25, 0.3) is 0 Å². The lowest BCUT2D eigenvalue weighted by molar-refractivity contribution is -0.154. The van der Waals surface area contributed by atoms with Crippen LogP contribution in [0.25, 0.3) is 0 Å². The van der Waals surface area contributed by atoms with Crippen molar-refractivity contribution in [2.24, 2.45) is 0 Å². The fraction of sp³-hybridized carbons (Fsp3) is 0.333. The number of rotatable bonds is 7. The zero-order valence-electron chi connectivity index (χ0n) is 15.3. The molecule has 4 nitrogen and oxygen atoms in total. The zero-order valence-corrected chi connectivity index (χ0v) is 16.0. The third-order valence-electron chi connectivity index (χ3n) is 3.50. The lowest BCUT2D eigenvalue weighted by Crippen LogP contribution is -2.24. The quantitative estimate of drug-likeness (QED) is 0.492. The number of carbonyl (C=O) groups is 2. The van der Waals surface area contributed by atoms with Crippen LogP contribution in [0, 0.1) is 0 Å². The van der Waals surface area contributed by atoms with Crippen LogP contribution < -0.4 is 4.74 Å². The van der Waals surface area contributed by atoms with Crippen molar-refractivity contribution in [3.8, 4) is 5.75 Å². The monoisotopic (exact) mass is 374 g/mol. The van der Waals surface area contributed by atoms with Gasteiger partial charge in [0.05, 0.1) is 6.42 Å². The molecule has 138 valence electrons. The molecule has 0 fully saturated rings. The highest BCUT2D eigenvalue weighted by molar-refractivity contribution is 6.31. The Bertz CT molecular complexity index is 760. The van der Waals surface area contributed by atoms with E-state index in [9.17, 15) is 9.59 Å². The molecule has 0 aliphatic carbocycles. The van der Waals surface area contributed by atoms with Crippen molar-refractivity contribution in [3.05, 3.63) is 64.7 Å². The topological polar surface area (TPSA) is 52.6 Å². The Morgan fingerprint density at radius 1 is 0.962 bits per heavy atom. The van der Waals surface area contributed by atoms with E-state index in [0.29, 0.717) is 22.9 Å². The van der Waals surface area contributed by atoms with Crippen LogP contribution in [-0.4, -0.2) is 17.4 Å². The van der Waals surface area contributed by atoms with Crippen LogP contribution in [-0.2, 0) is 16.1 Å². The van der Waals surface area contributed by atoms with Gasteiger partial charge in [-0.05, 0) is 51.1 Å². The number of ketones is 1. The molecule has 0 saturated carbocycles. The number of halogens is 1. The Hall–Kier alpha value is -2.33. The van der Waals surface area contributed by atoms with Crippen LogP contribution in [0.1, 0.15) is 49.5 Å². The van der Waals surface area contributed by atoms with Crippen molar-refractivity contribution in [2.45, 2.75) is 45.8 Å². The summed E-state index contributed by atoms with van der Waals surface area (Å²) >= 11 is 6.10. The second-order valence-corrected chi connectivity index (χ2v) is 7.32. The Morgan fingerprint density at radius 3 is 2.23 bits per heavy atom. The fourth-order valence-corrected chi connectivity index (χ4v) is 2.46. The summed E-state index contributed by atoms with van der Waals surface area (Å²) in [5, 5.41) is 0.654. The van der Waals surface area contributed by atoms with Gasteiger partial charge in [-0.3, -0.25) is 9.59 Å². The van der Waals surface area contributed by atoms with E-state index in [-0.39, 0.29) is 24.6 Å². The van der Waals surface area contributed by atoms with Gasteiger partial charge >= 0.3 is 5.97 Å². The minimum Gasteiger partial charge on any atom is -0.489 e. The highest BCUT2D eigenvalue weighted by atomic mass is 35.5. The van der Waals surface area contributed by atoms with Gasteiger partial charge in [-0.15, -0.1) is 0 Å². The van der Waals surface area contributed by atoms with Gasteiger partial charge in [0.2, 0.25) is 0 Å². The molecule has 0 radical (unpaired) electrons. The normalized spacial score (nSPS) is 11.1. The van der Waals surface area contributed by atoms with E-state index in [4.69, 9.17) is 21.1 Å².